The topological polar surface area (TPSA) is 3.24 Å². The largest absolute Gasteiger partial charge is 0.309 e. The Labute approximate surface area is 111 Å². The van der Waals surface area contributed by atoms with Crippen LogP contribution in [0.1, 0.15) is 60.8 Å². The Bertz CT molecular complexity index is 166. The van der Waals surface area contributed by atoms with Gasteiger partial charge >= 0.3 is 0 Å². The third-order valence-electron chi connectivity index (χ3n) is 1.91. The van der Waals surface area contributed by atoms with Crippen LogP contribution in [0, 0.1) is 0 Å². The number of rotatable bonds is 5. The molecule has 1 nitrogen and oxygen atoms in total. The summed E-state index contributed by atoms with van der Waals surface area (Å²) >= 11 is 0. The maximum Gasteiger partial charge on any atom is -0.00249 e. The normalized spacial score (nSPS) is 10.8. The molecule has 0 aromatic heterocycles. The molecule has 0 aromatic carbocycles. The van der Waals surface area contributed by atoms with Gasteiger partial charge < -0.3 is 4.90 Å². The molecule has 0 fully saturated rings. The molecule has 0 heterocycles. The molecule has 0 aliphatic carbocycles. The van der Waals surface area contributed by atoms with Gasteiger partial charge in [0.05, 0.1) is 0 Å². The number of hydrogen-bond acceptors (Lipinski definition) is 1. The molecule has 0 atom stereocenters. The molecular weight excluding hydrogens is 206 g/mol. The van der Waals surface area contributed by atoms with Gasteiger partial charge in [-0.15, -0.1) is 0 Å². The summed E-state index contributed by atoms with van der Waals surface area (Å²) in [6.07, 6.45) is 10.1. The smallest absolute Gasteiger partial charge is 0.00249 e. The van der Waals surface area contributed by atoms with E-state index in [9.17, 15) is 0 Å². The molecule has 1 heteroatoms. The lowest BCUT2D eigenvalue weighted by atomic mass is 10.2. The van der Waals surface area contributed by atoms with Crippen molar-refractivity contribution < 1.29 is 0 Å². The first kappa shape index (κ1) is 21.7. The van der Waals surface area contributed by atoms with Crippen LogP contribution in [-0.2, 0) is 0 Å². The third-order valence-corrected chi connectivity index (χ3v) is 1.91. The van der Waals surface area contributed by atoms with E-state index in [0.29, 0.717) is 0 Å². The van der Waals surface area contributed by atoms with Crippen LogP contribution in [0.2, 0.25) is 0 Å². The van der Waals surface area contributed by atoms with Gasteiger partial charge in [0.1, 0.15) is 0 Å². The molecule has 0 N–H and O–H groups in total. The van der Waals surface area contributed by atoms with E-state index in [1.54, 1.807) is 0 Å². The van der Waals surface area contributed by atoms with Gasteiger partial charge in [0.15, 0.2) is 0 Å². The van der Waals surface area contributed by atoms with Crippen LogP contribution in [0.5, 0.6) is 0 Å². The predicted octanol–water partition coefficient (Wildman–Crippen LogP) is 5.29. The second kappa shape index (κ2) is 20.8. The van der Waals surface area contributed by atoms with Crippen molar-refractivity contribution in [3.05, 3.63) is 23.8 Å². The Hall–Kier alpha value is -0.560. The van der Waals surface area contributed by atoms with E-state index in [1.807, 2.05) is 20.8 Å². The van der Waals surface area contributed by atoms with Crippen LogP contribution >= 0.6 is 0 Å². The summed E-state index contributed by atoms with van der Waals surface area (Å²) in [5, 5.41) is 0. The van der Waals surface area contributed by atoms with Gasteiger partial charge in [-0.3, -0.25) is 0 Å². The van der Waals surface area contributed by atoms with Crippen LogP contribution in [0.4, 0.5) is 0 Å². The fourth-order valence-electron chi connectivity index (χ4n) is 1.13. The highest BCUT2D eigenvalue weighted by Gasteiger charge is 1.83. The zero-order chi connectivity index (χ0) is 14.1. The first-order valence-electron chi connectivity index (χ1n) is 7.02. The number of allylic oxidation sites excluding steroid dienone is 4. The van der Waals surface area contributed by atoms with Crippen molar-refractivity contribution in [1.29, 1.82) is 0 Å². The van der Waals surface area contributed by atoms with Crippen LogP contribution in [0.15, 0.2) is 23.8 Å². The van der Waals surface area contributed by atoms with Crippen LogP contribution < -0.4 is 0 Å². The van der Waals surface area contributed by atoms with Crippen molar-refractivity contribution >= 4 is 0 Å². The quantitative estimate of drug-likeness (QED) is 0.591. The van der Waals surface area contributed by atoms with Crippen LogP contribution in [-0.4, -0.2) is 25.5 Å². The average molecular weight is 241 g/mol. The first-order valence-corrected chi connectivity index (χ1v) is 7.02. The summed E-state index contributed by atoms with van der Waals surface area (Å²) in [6, 6.07) is 0. The van der Waals surface area contributed by atoms with Crippen molar-refractivity contribution in [3.63, 3.8) is 0 Å². The summed E-state index contributed by atoms with van der Waals surface area (Å²) in [6.45, 7) is 13.7. The van der Waals surface area contributed by atoms with Crippen LogP contribution in [0.25, 0.3) is 0 Å². The van der Waals surface area contributed by atoms with E-state index >= 15 is 0 Å². The highest BCUT2D eigenvalue weighted by Crippen LogP contribution is 1.95. The zero-order valence-electron chi connectivity index (χ0n) is 13.5. The molecule has 0 saturated heterocycles. The van der Waals surface area contributed by atoms with E-state index < -0.39 is 0 Å². The summed E-state index contributed by atoms with van der Waals surface area (Å²) in [4.78, 5) is 2.21. The molecule has 0 radical (unpaired) electrons. The fraction of sp³-hybridized carbons (Fsp3) is 0.750. The molecule has 17 heavy (non-hydrogen) atoms. The van der Waals surface area contributed by atoms with Gasteiger partial charge in [0, 0.05) is 0 Å². The van der Waals surface area contributed by atoms with Crippen molar-refractivity contribution in [2.45, 2.75) is 60.8 Å². The standard InChI is InChI=1S/C8H14.C6H15N.C2H6/c1-4-6-8(3)7-5-2;1-4-5-6-7(2)3;1-2/h4,6-7H,5H2,1-3H3;4-6H2,1-3H3;1-2H3/b6-4-,8-7-;;. The van der Waals surface area contributed by atoms with E-state index in [2.05, 4.69) is 58.0 Å². The van der Waals surface area contributed by atoms with Gasteiger partial charge in [-0.05, 0) is 47.3 Å². The summed E-state index contributed by atoms with van der Waals surface area (Å²) in [5.74, 6) is 0. The molecule has 104 valence electrons. The van der Waals surface area contributed by atoms with Gasteiger partial charge in [0.25, 0.3) is 0 Å². The number of nitrogens with zero attached hydrogens (tertiary/aromatic N) is 1. The van der Waals surface area contributed by atoms with Gasteiger partial charge in [0.2, 0.25) is 0 Å². The Morgan fingerprint density at radius 1 is 1.12 bits per heavy atom. The van der Waals surface area contributed by atoms with E-state index in [4.69, 9.17) is 0 Å². The Morgan fingerprint density at radius 2 is 1.65 bits per heavy atom. The number of hydrogen-bond donors (Lipinski definition) is 0. The molecule has 0 aliphatic heterocycles. The van der Waals surface area contributed by atoms with Gasteiger partial charge in [-0.1, -0.05) is 57.9 Å². The maximum atomic E-state index is 2.21. The Balaban J connectivity index is -0.000000202. The van der Waals surface area contributed by atoms with Gasteiger partial charge in [-0.2, -0.15) is 0 Å². The molecule has 0 aromatic rings. The van der Waals surface area contributed by atoms with Crippen molar-refractivity contribution in [2.75, 3.05) is 20.6 Å². The minimum Gasteiger partial charge on any atom is -0.309 e. The lowest BCUT2D eigenvalue weighted by Crippen LogP contribution is -2.12. The highest BCUT2D eigenvalue weighted by atomic mass is 15.0. The molecule has 0 unspecified atom stereocenters. The first-order chi connectivity index (χ1) is 8.08. The molecule has 0 bridgehead atoms. The minimum absolute atomic E-state index is 1.14. The summed E-state index contributed by atoms with van der Waals surface area (Å²) in [5.41, 5.74) is 1.36. The molecule has 0 aliphatic rings. The minimum atomic E-state index is 1.14. The van der Waals surface area contributed by atoms with Crippen molar-refractivity contribution in [2.24, 2.45) is 0 Å². The molecular formula is C16H35N. The lowest BCUT2D eigenvalue weighted by molar-refractivity contribution is 0.398. The van der Waals surface area contributed by atoms with Crippen molar-refractivity contribution in [3.8, 4) is 0 Å². The summed E-state index contributed by atoms with van der Waals surface area (Å²) < 4.78 is 0. The molecule has 0 amide bonds. The lowest BCUT2D eigenvalue weighted by Gasteiger charge is -2.05. The summed E-state index contributed by atoms with van der Waals surface area (Å²) in [7, 11) is 4.21. The third kappa shape index (κ3) is 31.3. The van der Waals surface area contributed by atoms with Crippen molar-refractivity contribution in [1.82, 2.24) is 4.90 Å². The zero-order valence-corrected chi connectivity index (χ0v) is 13.5. The fourth-order valence-corrected chi connectivity index (χ4v) is 1.13. The van der Waals surface area contributed by atoms with E-state index in [0.717, 1.165) is 6.42 Å². The molecule has 0 saturated carbocycles. The molecule has 0 rings (SSSR count). The monoisotopic (exact) mass is 241 g/mol. The highest BCUT2D eigenvalue weighted by molar-refractivity contribution is 5.14. The van der Waals surface area contributed by atoms with Gasteiger partial charge in [-0.25, -0.2) is 0 Å². The Morgan fingerprint density at radius 3 is 1.88 bits per heavy atom. The van der Waals surface area contributed by atoms with E-state index in [-0.39, 0.29) is 0 Å². The predicted molar refractivity (Wildman–Crippen MR) is 83.7 cm³/mol. The van der Waals surface area contributed by atoms with E-state index in [1.165, 1.54) is 25.0 Å². The SMILES string of the molecule is C/C=C\C(C)=C/CC.CC.CCCCN(C)C. The van der Waals surface area contributed by atoms with Crippen LogP contribution in [0.3, 0.4) is 0 Å². The Kier molecular flexibility index (Phi) is 26.6. The molecule has 0 spiro atoms. The average Bonchev–Trinajstić information content (AvgIpc) is 2.30. The number of unbranched alkanes of at least 4 members (excludes halogenated alkanes) is 1. The second-order valence-electron chi connectivity index (χ2n) is 4.01. The maximum absolute atomic E-state index is 2.21. The second-order valence-corrected chi connectivity index (χ2v) is 4.01.